The normalized spacial score (nSPS) is 10.5. The molecule has 3 nitrogen and oxygen atoms in total. The van der Waals surface area contributed by atoms with E-state index in [0.717, 1.165) is 11.0 Å². The van der Waals surface area contributed by atoms with Gasteiger partial charge in [0.25, 0.3) is 0 Å². The first-order valence-electron chi connectivity index (χ1n) is 3.74. The molecule has 0 spiro atoms. The van der Waals surface area contributed by atoms with Gasteiger partial charge in [-0.1, -0.05) is 12.2 Å². The minimum atomic E-state index is 0.594. The van der Waals surface area contributed by atoms with Gasteiger partial charge in [0.15, 0.2) is 4.77 Å². The smallest absolute Gasteiger partial charge is 0.179 e. The molecule has 0 fully saturated rings. The van der Waals surface area contributed by atoms with Crippen molar-refractivity contribution in [2.75, 3.05) is 0 Å². The van der Waals surface area contributed by atoms with Crippen molar-refractivity contribution in [2.24, 2.45) is 7.05 Å². The molecule has 13 heavy (non-hydrogen) atoms. The Morgan fingerprint density at radius 3 is 3.00 bits per heavy atom. The summed E-state index contributed by atoms with van der Waals surface area (Å²) in [5.41, 5.74) is 0.746. The average molecular weight is 209 g/mol. The van der Waals surface area contributed by atoms with Crippen molar-refractivity contribution in [1.82, 2.24) is 14.5 Å². The van der Waals surface area contributed by atoms with Crippen LogP contribution in [-0.2, 0) is 7.05 Å². The van der Waals surface area contributed by atoms with Crippen LogP contribution >= 0.6 is 24.4 Å². The van der Waals surface area contributed by atoms with Crippen molar-refractivity contribution in [3.8, 4) is 0 Å². The summed E-state index contributed by atoms with van der Waals surface area (Å²) < 4.78 is 3.07. The van der Waals surface area contributed by atoms with Crippen molar-refractivity contribution in [3.63, 3.8) is 0 Å². The van der Waals surface area contributed by atoms with Crippen LogP contribution in [-0.4, -0.2) is 14.5 Å². The molecule has 2 rings (SSSR count). The third kappa shape index (κ3) is 1.30. The second-order valence-corrected chi connectivity index (χ2v) is 3.47. The third-order valence-corrected chi connectivity index (χ3v) is 2.74. The maximum Gasteiger partial charge on any atom is 0.179 e. The Bertz CT molecular complexity index is 567. The molecule has 2 heterocycles. The number of nitrogens with one attached hydrogen (secondary N) is 1. The van der Waals surface area contributed by atoms with E-state index in [4.69, 9.17) is 24.4 Å². The molecule has 2 aromatic rings. The maximum atomic E-state index is 5.22. The summed E-state index contributed by atoms with van der Waals surface area (Å²) >= 11 is 10.3. The number of nitrogens with zero attached hydrogens (tertiary/aromatic N) is 2. The van der Waals surface area contributed by atoms with Crippen molar-refractivity contribution in [1.29, 1.82) is 0 Å². The van der Waals surface area contributed by atoms with Crippen LogP contribution in [0.4, 0.5) is 0 Å². The lowest BCUT2D eigenvalue weighted by Crippen LogP contribution is -1.98. The Morgan fingerprint density at radius 1 is 1.46 bits per heavy atom. The first-order valence-corrected chi connectivity index (χ1v) is 4.56. The van der Waals surface area contributed by atoms with E-state index in [1.807, 2.05) is 19.2 Å². The van der Waals surface area contributed by atoms with Crippen LogP contribution in [0.15, 0.2) is 18.3 Å². The highest BCUT2D eigenvalue weighted by molar-refractivity contribution is 7.72. The summed E-state index contributed by atoms with van der Waals surface area (Å²) in [6.07, 6.45) is 1.71. The topological polar surface area (TPSA) is 33.6 Å². The monoisotopic (exact) mass is 209 g/mol. The van der Waals surface area contributed by atoms with Crippen LogP contribution in [0.5, 0.6) is 0 Å². The molecular weight excluding hydrogens is 202 g/mol. The van der Waals surface area contributed by atoms with Crippen LogP contribution in [0.2, 0.25) is 0 Å². The Hall–Kier alpha value is -1.07. The molecule has 2 aromatic heterocycles. The van der Waals surface area contributed by atoms with Crippen molar-refractivity contribution < 1.29 is 0 Å². The van der Waals surface area contributed by atoms with E-state index in [-0.39, 0.29) is 0 Å². The van der Waals surface area contributed by atoms with Gasteiger partial charge in [0, 0.05) is 13.2 Å². The van der Waals surface area contributed by atoms with Gasteiger partial charge < -0.3 is 9.55 Å². The van der Waals surface area contributed by atoms with Gasteiger partial charge in [-0.25, -0.2) is 4.98 Å². The number of H-pyrrole nitrogens is 1. The summed E-state index contributed by atoms with van der Waals surface area (Å²) in [5, 5.41) is 0.925. The predicted octanol–water partition coefficient (Wildman–Crippen LogP) is 2.36. The van der Waals surface area contributed by atoms with E-state index in [2.05, 4.69) is 9.97 Å². The van der Waals surface area contributed by atoms with E-state index in [1.165, 1.54) is 0 Å². The Morgan fingerprint density at radius 2 is 2.23 bits per heavy atom. The molecular formula is C8H7N3S2. The fourth-order valence-corrected chi connectivity index (χ4v) is 1.64. The molecule has 0 radical (unpaired) electrons. The zero-order chi connectivity index (χ0) is 9.42. The van der Waals surface area contributed by atoms with Crippen molar-refractivity contribution >= 4 is 35.5 Å². The van der Waals surface area contributed by atoms with Gasteiger partial charge in [-0.05, 0) is 24.4 Å². The molecule has 0 aliphatic rings. The van der Waals surface area contributed by atoms with Crippen LogP contribution in [0.25, 0.3) is 11.0 Å². The molecule has 66 valence electrons. The highest BCUT2D eigenvalue weighted by atomic mass is 32.1. The molecule has 0 aromatic carbocycles. The fourth-order valence-electron chi connectivity index (χ4n) is 1.14. The number of hydrogen-bond donors (Lipinski definition) is 1. The van der Waals surface area contributed by atoms with E-state index < -0.39 is 0 Å². The highest BCUT2D eigenvalue weighted by Crippen LogP contribution is 2.09. The minimum absolute atomic E-state index is 0.594. The maximum absolute atomic E-state index is 5.22. The van der Waals surface area contributed by atoms with Crippen molar-refractivity contribution in [2.45, 2.75) is 0 Å². The summed E-state index contributed by atoms with van der Waals surface area (Å²) in [5.74, 6) is 0. The van der Waals surface area contributed by atoms with Crippen molar-refractivity contribution in [3.05, 3.63) is 27.7 Å². The summed E-state index contributed by atoms with van der Waals surface area (Å²) in [7, 11) is 1.84. The van der Waals surface area contributed by atoms with E-state index in [1.54, 1.807) is 10.8 Å². The van der Waals surface area contributed by atoms with Crippen LogP contribution in [0, 0.1) is 9.41 Å². The first-order chi connectivity index (χ1) is 6.20. The van der Waals surface area contributed by atoms with Gasteiger partial charge in [-0.3, -0.25) is 0 Å². The van der Waals surface area contributed by atoms with E-state index in [9.17, 15) is 0 Å². The molecule has 0 bridgehead atoms. The number of pyridine rings is 1. The average Bonchev–Trinajstić information content (AvgIpc) is 2.15. The van der Waals surface area contributed by atoms with Crippen LogP contribution in [0.1, 0.15) is 0 Å². The lowest BCUT2D eigenvalue weighted by atomic mass is 10.3. The molecule has 5 heteroatoms. The van der Waals surface area contributed by atoms with Crippen LogP contribution in [0.3, 0.4) is 0 Å². The second-order valence-electron chi connectivity index (χ2n) is 2.69. The zero-order valence-corrected chi connectivity index (χ0v) is 8.58. The lowest BCUT2D eigenvalue weighted by Gasteiger charge is -2.02. The first kappa shape index (κ1) is 8.52. The molecule has 0 saturated heterocycles. The number of hydrogen-bond acceptors (Lipinski definition) is 3. The van der Waals surface area contributed by atoms with E-state index in [0.29, 0.717) is 9.41 Å². The van der Waals surface area contributed by atoms with E-state index >= 15 is 0 Å². The Labute approximate surface area is 85.1 Å². The quantitative estimate of drug-likeness (QED) is 0.676. The Balaban J connectivity index is 3.12. The van der Waals surface area contributed by atoms with Crippen LogP contribution < -0.4 is 0 Å². The Kier molecular flexibility index (Phi) is 1.97. The number of aromatic amines is 1. The SMILES string of the molecule is Cn1c(=S)[nH]c2ncccc2c1=S. The molecule has 0 amide bonds. The number of fused-ring (bicyclic) bond motifs is 1. The van der Waals surface area contributed by atoms with Gasteiger partial charge in [0.2, 0.25) is 0 Å². The zero-order valence-electron chi connectivity index (χ0n) is 6.94. The molecule has 1 N–H and O–H groups in total. The van der Waals surface area contributed by atoms with Gasteiger partial charge >= 0.3 is 0 Å². The predicted molar refractivity (Wildman–Crippen MR) is 56.7 cm³/mol. The largest absolute Gasteiger partial charge is 0.316 e. The van der Waals surface area contributed by atoms with Gasteiger partial charge in [0.05, 0.1) is 5.39 Å². The fraction of sp³-hybridized carbons (Fsp3) is 0.125. The summed E-state index contributed by atoms with van der Waals surface area (Å²) in [4.78, 5) is 7.14. The summed E-state index contributed by atoms with van der Waals surface area (Å²) in [6, 6.07) is 3.78. The highest BCUT2D eigenvalue weighted by Gasteiger charge is 1.97. The molecule has 0 aliphatic heterocycles. The second kappa shape index (κ2) is 3.01. The van der Waals surface area contributed by atoms with Gasteiger partial charge in [-0.2, -0.15) is 0 Å². The minimum Gasteiger partial charge on any atom is -0.316 e. The molecule has 0 atom stereocenters. The molecule has 0 aliphatic carbocycles. The third-order valence-electron chi connectivity index (χ3n) is 1.87. The van der Waals surface area contributed by atoms with Gasteiger partial charge in [0.1, 0.15) is 10.3 Å². The molecule has 0 saturated carbocycles. The summed E-state index contributed by atoms with van der Waals surface area (Å²) in [6.45, 7) is 0. The van der Waals surface area contributed by atoms with Gasteiger partial charge in [-0.15, -0.1) is 0 Å². The lowest BCUT2D eigenvalue weighted by molar-refractivity contribution is 0.843. The number of rotatable bonds is 0. The number of aromatic nitrogens is 3. The molecule has 0 unspecified atom stereocenters. The standard InChI is InChI=1S/C8H7N3S2/c1-11-7(12)5-3-2-4-9-6(5)10-8(11)13/h2-4H,1H3,(H,9,10,13).